The van der Waals surface area contributed by atoms with Gasteiger partial charge in [0.15, 0.2) is 5.76 Å². The van der Waals surface area contributed by atoms with Gasteiger partial charge in [0.05, 0.1) is 6.61 Å². The van der Waals surface area contributed by atoms with E-state index >= 15 is 0 Å². The van der Waals surface area contributed by atoms with Crippen LogP contribution < -0.4 is 0 Å². The van der Waals surface area contributed by atoms with E-state index in [4.69, 9.17) is 4.74 Å². The standard InChI is InChI=1S/C17H18N2O5/c1-2-24-17(23)19-9-7-18(8-10-19)13-14(20)11-5-3-4-6-12(11)15(21)16(13)22/h3-6,20H,2,7-10H2,1H3. The van der Waals surface area contributed by atoms with E-state index in [-0.39, 0.29) is 17.0 Å². The number of ether oxygens (including phenoxy) is 1. The summed E-state index contributed by atoms with van der Waals surface area (Å²) in [6.07, 6.45) is -0.397. The first-order chi connectivity index (χ1) is 11.5. The van der Waals surface area contributed by atoms with Crippen molar-refractivity contribution in [3.63, 3.8) is 0 Å². The molecule has 0 aromatic heterocycles. The average Bonchev–Trinajstić information content (AvgIpc) is 2.61. The van der Waals surface area contributed by atoms with Gasteiger partial charge in [-0.25, -0.2) is 4.79 Å². The van der Waals surface area contributed by atoms with Gasteiger partial charge in [0, 0.05) is 37.3 Å². The van der Waals surface area contributed by atoms with Crippen molar-refractivity contribution in [2.45, 2.75) is 6.92 Å². The van der Waals surface area contributed by atoms with Gasteiger partial charge < -0.3 is 19.6 Å². The Labute approximate surface area is 139 Å². The number of piperazine rings is 1. The molecule has 1 aliphatic carbocycles. The summed E-state index contributed by atoms with van der Waals surface area (Å²) in [4.78, 5) is 39.6. The number of nitrogens with zero attached hydrogens (tertiary/aromatic N) is 2. The van der Waals surface area contributed by atoms with Crippen LogP contribution in [0.25, 0.3) is 5.76 Å². The van der Waals surface area contributed by atoms with Crippen LogP contribution in [0.4, 0.5) is 4.79 Å². The average molecular weight is 330 g/mol. The second-order valence-electron chi connectivity index (χ2n) is 5.57. The second-order valence-corrected chi connectivity index (χ2v) is 5.57. The van der Waals surface area contributed by atoms with E-state index in [0.29, 0.717) is 38.3 Å². The van der Waals surface area contributed by atoms with Crippen molar-refractivity contribution < 1.29 is 24.2 Å². The fourth-order valence-electron chi connectivity index (χ4n) is 2.97. The van der Waals surface area contributed by atoms with Gasteiger partial charge >= 0.3 is 6.09 Å². The summed E-state index contributed by atoms with van der Waals surface area (Å²) >= 11 is 0. The molecular formula is C17H18N2O5. The molecule has 1 aromatic rings. The van der Waals surface area contributed by atoms with Gasteiger partial charge in [0.2, 0.25) is 5.78 Å². The summed E-state index contributed by atoms with van der Waals surface area (Å²) in [5.74, 6) is -1.51. The van der Waals surface area contributed by atoms with Crippen LogP contribution in [0.1, 0.15) is 22.8 Å². The minimum Gasteiger partial charge on any atom is -0.505 e. The van der Waals surface area contributed by atoms with E-state index in [0.717, 1.165) is 0 Å². The van der Waals surface area contributed by atoms with E-state index in [9.17, 15) is 19.5 Å². The van der Waals surface area contributed by atoms with Gasteiger partial charge in [-0.3, -0.25) is 9.59 Å². The molecule has 24 heavy (non-hydrogen) atoms. The molecule has 1 fully saturated rings. The number of fused-ring (bicyclic) bond motifs is 1. The van der Waals surface area contributed by atoms with Crippen LogP contribution in [0.15, 0.2) is 30.0 Å². The number of amides is 1. The summed E-state index contributed by atoms with van der Waals surface area (Å²) < 4.78 is 4.95. The Morgan fingerprint density at radius 1 is 1.08 bits per heavy atom. The van der Waals surface area contributed by atoms with Gasteiger partial charge in [-0.05, 0) is 6.92 Å². The topological polar surface area (TPSA) is 87.2 Å². The van der Waals surface area contributed by atoms with Crippen LogP contribution in [0, 0.1) is 0 Å². The third-order valence-corrected chi connectivity index (χ3v) is 4.19. The SMILES string of the molecule is CCOC(=O)N1CCN(C2=C(O)c3ccccc3C(=O)C2=O)CC1. The van der Waals surface area contributed by atoms with Crippen LogP contribution in [0.3, 0.4) is 0 Å². The molecule has 1 heterocycles. The number of carbonyl (C=O) groups excluding carboxylic acids is 3. The molecule has 0 atom stereocenters. The maximum atomic E-state index is 12.4. The highest BCUT2D eigenvalue weighted by atomic mass is 16.6. The molecule has 1 aromatic carbocycles. The maximum absolute atomic E-state index is 12.4. The minimum absolute atomic E-state index is 0.0159. The summed E-state index contributed by atoms with van der Waals surface area (Å²) in [5.41, 5.74) is 0.598. The molecule has 1 N–H and O–H groups in total. The Bertz CT molecular complexity index is 732. The Kier molecular flexibility index (Phi) is 4.24. The Morgan fingerprint density at radius 2 is 1.71 bits per heavy atom. The molecule has 0 unspecified atom stereocenters. The molecule has 126 valence electrons. The second kappa shape index (κ2) is 6.35. The molecule has 7 heteroatoms. The molecule has 1 amide bonds. The highest BCUT2D eigenvalue weighted by molar-refractivity contribution is 6.52. The zero-order valence-electron chi connectivity index (χ0n) is 13.3. The molecule has 0 radical (unpaired) electrons. The lowest BCUT2D eigenvalue weighted by atomic mass is 9.91. The van der Waals surface area contributed by atoms with Gasteiger partial charge in [-0.15, -0.1) is 0 Å². The van der Waals surface area contributed by atoms with Gasteiger partial charge in [0.1, 0.15) is 5.70 Å². The first kappa shape index (κ1) is 16.0. The summed E-state index contributed by atoms with van der Waals surface area (Å²) in [5, 5.41) is 10.5. The van der Waals surface area contributed by atoms with Gasteiger partial charge in [-0.2, -0.15) is 0 Å². The molecule has 0 spiro atoms. The monoisotopic (exact) mass is 330 g/mol. The molecule has 7 nitrogen and oxygen atoms in total. The third kappa shape index (κ3) is 2.62. The van der Waals surface area contributed by atoms with Gasteiger partial charge in [0.25, 0.3) is 5.78 Å². The number of ketones is 2. The maximum Gasteiger partial charge on any atom is 0.409 e. The number of rotatable bonds is 2. The highest BCUT2D eigenvalue weighted by Gasteiger charge is 2.37. The number of carbonyl (C=O) groups is 3. The molecule has 1 aliphatic heterocycles. The van der Waals surface area contributed by atoms with Crippen LogP contribution in [0.5, 0.6) is 0 Å². The number of hydrogen-bond donors (Lipinski definition) is 1. The minimum atomic E-state index is -0.712. The van der Waals surface area contributed by atoms with E-state index in [1.807, 2.05) is 0 Å². The van der Waals surface area contributed by atoms with E-state index < -0.39 is 17.7 Å². The van der Waals surface area contributed by atoms with Crippen molar-refractivity contribution in [1.82, 2.24) is 9.80 Å². The van der Waals surface area contributed by atoms with Crippen LogP contribution >= 0.6 is 0 Å². The fourth-order valence-corrected chi connectivity index (χ4v) is 2.97. The fraction of sp³-hybridized carbons (Fsp3) is 0.353. The summed E-state index contributed by atoms with van der Waals surface area (Å²) in [6.45, 7) is 3.45. The zero-order chi connectivity index (χ0) is 17.3. The Balaban J connectivity index is 1.84. The van der Waals surface area contributed by atoms with Crippen LogP contribution in [0.2, 0.25) is 0 Å². The van der Waals surface area contributed by atoms with E-state index in [2.05, 4.69) is 0 Å². The first-order valence-electron chi connectivity index (χ1n) is 7.83. The molecule has 0 bridgehead atoms. The van der Waals surface area contributed by atoms with Crippen molar-refractivity contribution in [2.24, 2.45) is 0 Å². The largest absolute Gasteiger partial charge is 0.505 e. The van der Waals surface area contributed by atoms with Crippen molar-refractivity contribution in [3.05, 3.63) is 41.1 Å². The number of hydrogen-bond acceptors (Lipinski definition) is 6. The van der Waals surface area contributed by atoms with Crippen molar-refractivity contribution in [2.75, 3.05) is 32.8 Å². The first-order valence-corrected chi connectivity index (χ1v) is 7.83. The predicted molar refractivity (Wildman–Crippen MR) is 85.5 cm³/mol. The lowest BCUT2D eigenvalue weighted by Crippen LogP contribution is -2.50. The lowest BCUT2D eigenvalue weighted by Gasteiger charge is -2.37. The quantitative estimate of drug-likeness (QED) is 0.826. The number of Topliss-reactive ketones (excluding diaryl/α,β-unsaturated/α-hetero) is 2. The van der Waals surface area contributed by atoms with E-state index in [1.54, 1.807) is 34.9 Å². The predicted octanol–water partition coefficient (Wildman–Crippen LogP) is 1.45. The van der Waals surface area contributed by atoms with Gasteiger partial charge in [-0.1, -0.05) is 24.3 Å². The number of allylic oxidation sites excluding steroid dienone is 1. The Hall–Kier alpha value is -2.83. The van der Waals surface area contributed by atoms with E-state index in [1.165, 1.54) is 6.07 Å². The zero-order valence-corrected chi connectivity index (χ0v) is 13.3. The third-order valence-electron chi connectivity index (χ3n) is 4.19. The van der Waals surface area contributed by atoms with Crippen molar-refractivity contribution >= 4 is 23.4 Å². The molecule has 2 aliphatic rings. The van der Waals surface area contributed by atoms with Crippen LogP contribution in [-0.4, -0.2) is 65.4 Å². The normalized spacial score (nSPS) is 17.9. The summed E-state index contributed by atoms with van der Waals surface area (Å²) in [6, 6.07) is 6.50. The van der Waals surface area contributed by atoms with Crippen molar-refractivity contribution in [3.8, 4) is 0 Å². The lowest BCUT2D eigenvalue weighted by molar-refractivity contribution is -0.113. The number of aliphatic hydroxyl groups excluding tert-OH is 1. The molecule has 3 rings (SSSR count). The molecule has 0 saturated carbocycles. The molecular weight excluding hydrogens is 312 g/mol. The number of aliphatic hydroxyl groups is 1. The highest BCUT2D eigenvalue weighted by Crippen LogP contribution is 2.30. The molecule has 1 saturated heterocycles. The summed E-state index contributed by atoms with van der Waals surface area (Å²) in [7, 11) is 0. The smallest absolute Gasteiger partial charge is 0.409 e. The van der Waals surface area contributed by atoms with Crippen LogP contribution in [-0.2, 0) is 9.53 Å². The Morgan fingerprint density at radius 3 is 2.33 bits per heavy atom. The number of benzene rings is 1. The van der Waals surface area contributed by atoms with Crippen molar-refractivity contribution in [1.29, 1.82) is 0 Å².